The minimum atomic E-state index is -0.363. The molecule has 0 spiro atoms. The molecule has 0 radical (unpaired) electrons. The summed E-state index contributed by atoms with van der Waals surface area (Å²) < 4.78 is 1.20. The summed E-state index contributed by atoms with van der Waals surface area (Å²) in [5.41, 5.74) is 0.675. The van der Waals surface area contributed by atoms with Crippen LogP contribution in [0.2, 0.25) is 0 Å². The summed E-state index contributed by atoms with van der Waals surface area (Å²) >= 11 is 1.72. The van der Waals surface area contributed by atoms with Crippen molar-refractivity contribution in [1.29, 1.82) is 0 Å². The SMILES string of the molecule is CCC(CC)(Cc1nc2ccccc2s1)C(=O)NC1CCNCC1C.Cl.Cl. The Morgan fingerprint density at radius 3 is 2.63 bits per heavy atom. The lowest BCUT2D eigenvalue weighted by atomic mass is 9.77. The molecule has 1 aromatic carbocycles. The molecule has 1 aromatic heterocycles. The second-order valence-electron chi connectivity index (χ2n) is 7.29. The Balaban J connectivity index is 0.00000182. The van der Waals surface area contributed by atoms with Gasteiger partial charge in [0.1, 0.15) is 0 Å². The summed E-state index contributed by atoms with van der Waals surface area (Å²) in [5.74, 6) is 0.682. The van der Waals surface area contributed by atoms with Gasteiger partial charge in [0, 0.05) is 12.5 Å². The van der Waals surface area contributed by atoms with Crippen molar-refractivity contribution in [2.45, 2.75) is 52.5 Å². The van der Waals surface area contributed by atoms with Crippen molar-refractivity contribution in [3.8, 4) is 0 Å². The summed E-state index contributed by atoms with van der Waals surface area (Å²) in [6.45, 7) is 8.43. The van der Waals surface area contributed by atoms with Crippen LogP contribution in [-0.2, 0) is 11.2 Å². The van der Waals surface area contributed by atoms with Crippen molar-refractivity contribution in [2.24, 2.45) is 11.3 Å². The molecule has 0 saturated carbocycles. The fourth-order valence-electron chi connectivity index (χ4n) is 3.74. The van der Waals surface area contributed by atoms with Gasteiger partial charge in [-0.2, -0.15) is 0 Å². The smallest absolute Gasteiger partial charge is 0.226 e. The maximum atomic E-state index is 13.2. The average molecular weight is 432 g/mol. The Morgan fingerprint density at radius 2 is 2.00 bits per heavy atom. The summed E-state index contributed by atoms with van der Waals surface area (Å²) in [6.07, 6.45) is 3.41. The molecule has 2 N–H and O–H groups in total. The van der Waals surface area contributed by atoms with Gasteiger partial charge in [0.25, 0.3) is 0 Å². The first-order valence-electron chi connectivity index (χ1n) is 9.44. The van der Waals surface area contributed by atoms with Gasteiger partial charge in [0.15, 0.2) is 0 Å². The molecule has 1 fully saturated rings. The first-order valence-corrected chi connectivity index (χ1v) is 10.3. The molecule has 0 aliphatic carbocycles. The maximum Gasteiger partial charge on any atom is 0.226 e. The van der Waals surface area contributed by atoms with Crippen LogP contribution in [0.5, 0.6) is 0 Å². The number of nitrogens with zero attached hydrogens (tertiary/aromatic N) is 1. The summed E-state index contributed by atoms with van der Waals surface area (Å²) in [4.78, 5) is 18.0. The zero-order valence-corrected chi connectivity index (χ0v) is 18.7. The highest BCUT2D eigenvalue weighted by Gasteiger charge is 2.38. The second kappa shape index (κ2) is 10.6. The van der Waals surface area contributed by atoms with Crippen LogP contribution in [-0.4, -0.2) is 30.0 Å². The first-order chi connectivity index (χ1) is 12.1. The number of hydrogen-bond donors (Lipinski definition) is 2. The lowest BCUT2D eigenvalue weighted by molar-refractivity contribution is -0.132. The van der Waals surface area contributed by atoms with E-state index >= 15 is 0 Å². The predicted molar refractivity (Wildman–Crippen MR) is 119 cm³/mol. The Morgan fingerprint density at radius 1 is 1.30 bits per heavy atom. The van der Waals surface area contributed by atoms with E-state index in [4.69, 9.17) is 4.98 Å². The predicted octanol–water partition coefficient (Wildman–Crippen LogP) is 4.60. The molecule has 3 rings (SSSR count). The number of rotatable bonds is 6. The highest BCUT2D eigenvalue weighted by atomic mass is 35.5. The van der Waals surface area contributed by atoms with E-state index in [1.807, 2.05) is 18.2 Å². The molecule has 1 aliphatic rings. The molecule has 4 nitrogen and oxygen atoms in total. The molecule has 1 saturated heterocycles. The molecule has 7 heteroatoms. The van der Waals surface area contributed by atoms with Gasteiger partial charge < -0.3 is 10.6 Å². The highest BCUT2D eigenvalue weighted by Crippen LogP contribution is 2.34. The van der Waals surface area contributed by atoms with Crippen LogP contribution >= 0.6 is 36.2 Å². The van der Waals surface area contributed by atoms with E-state index in [1.54, 1.807) is 11.3 Å². The third-order valence-electron chi connectivity index (χ3n) is 5.76. The van der Waals surface area contributed by atoms with Crippen molar-refractivity contribution in [1.82, 2.24) is 15.6 Å². The Hall–Kier alpha value is -0.880. The molecule has 1 amide bonds. The minimum absolute atomic E-state index is 0. The third kappa shape index (κ3) is 5.35. The van der Waals surface area contributed by atoms with Gasteiger partial charge in [0.2, 0.25) is 5.91 Å². The quantitative estimate of drug-likeness (QED) is 0.701. The lowest BCUT2D eigenvalue weighted by Gasteiger charge is -2.35. The van der Waals surface area contributed by atoms with Crippen molar-refractivity contribution in [2.75, 3.05) is 13.1 Å². The number of amides is 1. The Labute approximate surface area is 178 Å². The number of benzene rings is 1. The van der Waals surface area contributed by atoms with Crippen LogP contribution in [0.1, 0.15) is 45.0 Å². The number of piperidine rings is 1. The monoisotopic (exact) mass is 431 g/mol. The van der Waals surface area contributed by atoms with Crippen LogP contribution in [0.4, 0.5) is 0 Å². The number of hydrogen-bond acceptors (Lipinski definition) is 4. The topological polar surface area (TPSA) is 54.0 Å². The van der Waals surface area contributed by atoms with Crippen LogP contribution in [0.25, 0.3) is 10.2 Å². The molecular weight excluding hydrogens is 401 g/mol. The standard InChI is InChI=1S/C20H29N3OS.2ClH/c1-4-20(5-2,19(24)23-15-10-11-21-13-14(15)3)12-18-22-16-8-6-7-9-17(16)25-18;;/h6-9,14-15,21H,4-5,10-13H2,1-3H3,(H,23,24);2*1H. The minimum Gasteiger partial charge on any atom is -0.353 e. The van der Waals surface area contributed by atoms with E-state index in [0.717, 1.165) is 49.3 Å². The third-order valence-corrected chi connectivity index (χ3v) is 6.80. The Kier molecular flexibility index (Phi) is 9.49. The van der Waals surface area contributed by atoms with E-state index in [1.165, 1.54) is 4.70 Å². The average Bonchev–Trinajstić information content (AvgIpc) is 3.04. The number of fused-ring (bicyclic) bond motifs is 1. The number of thiazole rings is 1. The molecule has 2 unspecified atom stereocenters. The zero-order valence-electron chi connectivity index (χ0n) is 16.3. The number of carbonyl (C=O) groups is 1. The molecular formula is C20H31Cl2N3OS. The van der Waals surface area contributed by atoms with Crippen LogP contribution in [0, 0.1) is 11.3 Å². The molecule has 27 heavy (non-hydrogen) atoms. The number of carbonyl (C=O) groups excluding carboxylic acids is 1. The largest absolute Gasteiger partial charge is 0.353 e. The van der Waals surface area contributed by atoms with Crippen molar-refractivity contribution in [3.05, 3.63) is 29.3 Å². The fraction of sp³-hybridized carbons (Fsp3) is 0.600. The van der Waals surface area contributed by atoms with Gasteiger partial charge in [-0.05, 0) is 50.4 Å². The molecule has 2 atom stereocenters. The molecule has 0 bridgehead atoms. The highest BCUT2D eigenvalue weighted by molar-refractivity contribution is 7.18. The zero-order chi connectivity index (χ0) is 17.9. The second-order valence-corrected chi connectivity index (χ2v) is 8.40. The summed E-state index contributed by atoms with van der Waals surface area (Å²) in [5, 5.41) is 7.83. The van der Waals surface area contributed by atoms with Gasteiger partial charge in [-0.3, -0.25) is 4.79 Å². The number of halogens is 2. The van der Waals surface area contributed by atoms with Gasteiger partial charge >= 0.3 is 0 Å². The summed E-state index contributed by atoms with van der Waals surface area (Å²) in [6, 6.07) is 8.49. The Bertz CT molecular complexity index is 700. The maximum absolute atomic E-state index is 13.2. The summed E-state index contributed by atoms with van der Waals surface area (Å²) in [7, 11) is 0. The van der Waals surface area contributed by atoms with E-state index in [2.05, 4.69) is 37.5 Å². The molecule has 2 heterocycles. The van der Waals surface area contributed by atoms with Crippen molar-refractivity contribution in [3.63, 3.8) is 0 Å². The lowest BCUT2D eigenvalue weighted by Crippen LogP contribution is -2.53. The molecule has 2 aromatic rings. The normalized spacial score (nSPS) is 19.8. The van der Waals surface area contributed by atoms with Crippen LogP contribution in [0.3, 0.4) is 0 Å². The van der Waals surface area contributed by atoms with E-state index in [9.17, 15) is 4.79 Å². The number of para-hydroxylation sites is 1. The number of nitrogens with one attached hydrogen (secondary N) is 2. The van der Waals surface area contributed by atoms with E-state index in [-0.39, 0.29) is 42.2 Å². The molecule has 152 valence electrons. The van der Waals surface area contributed by atoms with Gasteiger partial charge in [-0.1, -0.05) is 32.9 Å². The number of aromatic nitrogens is 1. The van der Waals surface area contributed by atoms with Crippen LogP contribution in [0.15, 0.2) is 24.3 Å². The van der Waals surface area contributed by atoms with E-state index in [0.29, 0.717) is 5.92 Å². The fourth-order valence-corrected chi connectivity index (χ4v) is 4.85. The van der Waals surface area contributed by atoms with Crippen molar-refractivity contribution < 1.29 is 4.79 Å². The van der Waals surface area contributed by atoms with Crippen LogP contribution < -0.4 is 10.6 Å². The van der Waals surface area contributed by atoms with Gasteiger partial charge in [-0.25, -0.2) is 4.98 Å². The van der Waals surface area contributed by atoms with Gasteiger partial charge in [0.05, 0.1) is 20.6 Å². The van der Waals surface area contributed by atoms with E-state index < -0.39 is 0 Å². The first kappa shape index (κ1) is 24.2. The van der Waals surface area contributed by atoms with Gasteiger partial charge in [-0.15, -0.1) is 36.2 Å². The van der Waals surface area contributed by atoms with Crippen molar-refractivity contribution >= 4 is 52.3 Å². The molecule has 1 aliphatic heterocycles.